The SMILES string of the molecule is CCC(Nc1ccc(Cl)cc1I)c1ccccc1O. The summed E-state index contributed by atoms with van der Waals surface area (Å²) in [7, 11) is 0. The Balaban J connectivity index is 2.27. The van der Waals surface area contributed by atoms with E-state index < -0.39 is 0 Å². The minimum atomic E-state index is 0.0795. The van der Waals surface area contributed by atoms with Crippen LogP contribution in [0.2, 0.25) is 5.02 Å². The molecule has 0 aliphatic rings. The van der Waals surface area contributed by atoms with Crippen LogP contribution in [0, 0.1) is 3.57 Å². The van der Waals surface area contributed by atoms with Gasteiger partial charge in [-0.2, -0.15) is 0 Å². The maximum atomic E-state index is 9.94. The lowest BCUT2D eigenvalue weighted by Crippen LogP contribution is -2.10. The van der Waals surface area contributed by atoms with Crippen LogP contribution in [-0.2, 0) is 0 Å². The molecule has 0 radical (unpaired) electrons. The number of anilines is 1. The van der Waals surface area contributed by atoms with Crippen molar-refractivity contribution in [3.63, 3.8) is 0 Å². The van der Waals surface area contributed by atoms with Crippen molar-refractivity contribution in [3.8, 4) is 5.75 Å². The summed E-state index contributed by atoms with van der Waals surface area (Å²) in [5, 5.41) is 14.1. The lowest BCUT2D eigenvalue weighted by molar-refractivity contribution is 0.463. The summed E-state index contributed by atoms with van der Waals surface area (Å²) in [6.07, 6.45) is 0.885. The average molecular weight is 388 g/mol. The van der Waals surface area contributed by atoms with Gasteiger partial charge < -0.3 is 10.4 Å². The van der Waals surface area contributed by atoms with Crippen molar-refractivity contribution >= 4 is 39.9 Å². The molecule has 2 rings (SSSR count). The summed E-state index contributed by atoms with van der Waals surface area (Å²) in [5.41, 5.74) is 1.94. The predicted molar refractivity (Wildman–Crippen MR) is 88.9 cm³/mol. The predicted octanol–water partition coefficient (Wildman–Crippen LogP) is 5.21. The Bertz CT molecular complexity index is 574. The minimum Gasteiger partial charge on any atom is -0.508 e. The third kappa shape index (κ3) is 3.54. The van der Waals surface area contributed by atoms with Crippen molar-refractivity contribution < 1.29 is 5.11 Å². The molecule has 0 aliphatic carbocycles. The number of para-hydroxylation sites is 1. The van der Waals surface area contributed by atoms with E-state index in [4.69, 9.17) is 11.6 Å². The summed E-state index contributed by atoms with van der Waals surface area (Å²) in [6.45, 7) is 2.09. The van der Waals surface area contributed by atoms with Gasteiger partial charge >= 0.3 is 0 Å². The molecule has 0 aromatic heterocycles. The third-order valence-corrected chi connectivity index (χ3v) is 4.11. The summed E-state index contributed by atoms with van der Waals surface area (Å²) >= 11 is 8.21. The van der Waals surface area contributed by atoms with Crippen molar-refractivity contribution in [2.24, 2.45) is 0 Å². The van der Waals surface area contributed by atoms with Gasteiger partial charge in [0, 0.05) is 19.8 Å². The maximum Gasteiger partial charge on any atom is 0.120 e. The fourth-order valence-corrected chi connectivity index (χ4v) is 3.00. The third-order valence-electron chi connectivity index (χ3n) is 2.98. The van der Waals surface area contributed by atoms with E-state index >= 15 is 0 Å². The summed E-state index contributed by atoms with van der Waals surface area (Å²) in [6, 6.07) is 13.3. The highest BCUT2D eigenvalue weighted by atomic mass is 127. The lowest BCUT2D eigenvalue weighted by Gasteiger charge is -2.20. The Morgan fingerprint density at radius 3 is 2.63 bits per heavy atom. The highest BCUT2D eigenvalue weighted by Crippen LogP contribution is 2.31. The van der Waals surface area contributed by atoms with Gasteiger partial charge in [-0.1, -0.05) is 36.7 Å². The van der Waals surface area contributed by atoms with Gasteiger partial charge in [0.1, 0.15) is 5.75 Å². The molecule has 0 aliphatic heterocycles. The number of halogens is 2. The molecule has 0 amide bonds. The van der Waals surface area contributed by atoms with Crippen LogP contribution in [0.4, 0.5) is 5.69 Å². The van der Waals surface area contributed by atoms with Gasteiger partial charge in [0.2, 0.25) is 0 Å². The van der Waals surface area contributed by atoms with Crippen LogP contribution in [0.15, 0.2) is 42.5 Å². The number of hydrogen-bond acceptors (Lipinski definition) is 2. The van der Waals surface area contributed by atoms with Crippen LogP contribution in [0.3, 0.4) is 0 Å². The van der Waals surface area contributed by atoms with E-state index in [1.807, 2.05) is 36.4 Å². The van der Waals surface area contributed by atoms with E-state index in [0.29, 0.717) is 5.75 Å². The summed E-state index contributed by atoms with van der Waals surface area (Å²) in [5.74, 6) is 0.325. The number of phenolic OH excluding ortho intramolecular Hbond substituents is 1. The van der Waals surface area contributed by atoms with Gasteiger partial charge in [-0.15, -0.1) is 0 Å². The topological polar surface area (TPSA) is 32.3 Å². The molecular formula is C15H15ClINO. The van der Waals surface area contributed by atoms with E-state index in [0.717, 1.165) is 26.3 Å². The number of hydrogen-bond donors (Lipinski definition) is 2. The van der Waals surface area contributed by atoms with Crippen LogP contribution in [0.25, 0.3) is 0 Å². The zero-order valence-corrected chi connectivity index (χ0v) is 13.4. The highest BCUT2D eigenvalue weighted by Gasteiger charge is 2.14. The molecule has 2 nitrogen and oxygen atoms in total. The molecule has 2 aromatic carbocycles. The summed E-state index contributed by atoms with van der Waals surface area (Å²) < 4.78 is 1.07. The first-order valence-electron chi connectivity index (χ1n) is 6.11. The second-order valence-corrected chi connectivity index (χ2v) is 5.89. The molecule has 19 heavy (non-hydrogen) atoms. The Morgan fingerprint density at radius 2 is 2.00 bits per heavy atom. The van der Waals surface area contributed by atoms with Crippen LogP contribution < -0.4 is 5.32 Å². The quantitative estimate of drug-likeness (QED) is 0.706. The Labute approximate surface area is 131 Å². The zero-order valence-electron chi connectivity index (χ0n) is 10.5. The van der Waals surface area contributed by atoms with Crippen LogP contribution in [0.5, 0.6) is 5.75 Å². The van der Waals surface area contributed by atoms with Crippen LogP contribution in [-0.4, -0.2) is 5.11 Å². The van der Waals surface area contributed by atoms with Crippen LogP contribution >= 0.6 is 34.2 Å². The Hall–Kier alpha value is -0.940. The van der Waals surface area contributed by atoms with Crippen molar-refractivity contribution in [1.29, 1.82) is 0 Å². The van der Waals surface area contributed by atoms with E-state index in [-0.39, 0.29) is 6.04 Å². The van der Waals surface area contributed by atoms with Gasteiger partial charge in [0.25, 0.3) is 0 Å². The molecule has 2 N–H and O–H groups in total. The first-order valence-corrected chi connectivity index (χ1v) is 7.57. The summed E-state index contributed by atoms with van der Waals surface area (Å²) in [4.78, 5) is 0. The number of rotatable bonds is 4. The smallest absolute Gasteiger partial charge is 0.120 e. The molecule has 1 unspecified atom stereocenters. The van der Waals surface area contributed by atoms with E-state index in [2.05, 4.69) is 34.8 Å². The zero-order chi connectivity index (χ0) is 13.8. The standard InChI is InChI=1S/C15H15ClINO/c1-2-13(11-5-3-4-6-15(11)19)18-14-8-7-10(16)9-12(14)17/h3-9,13,18-19H,2H2,1H3. The molecule has 0 fully saturated rings. The second kappa shape index (κ2) is 6.48. The molecule has 2 aromatic rings. The van der Waals surface area contributed by atoms with Gasteiger partial charge in [-0.25, -0.2) is 0 Å². The fraction of sp³-hybridized carbons (Fsp3) is 0.200. The molecule has 0 spiro atoms. The van der Waals surface area contributed by atoms with Crippen molar-refractivity contribution in [2.45, 2.75) is 19.4 Å². The molecule has 1 atom stereocenters. The largest absolute Gasteiger partial charge is 0.508 e. The number of nitrogens with one attached hydrogen (secondary N) is 1. The molecule has 0 saturated heterocycles. The normalized spacial score (nSPS) is 12.2. The van der Waals surface area contributed by atoms with Gasteiger partial charge in [-0.3, -0.25) is 0 Å². The monoisotopic (exact) mass is 387 g/mol. The molecule has 0 heterocycles. The first-order chi connectivity index (χ1) is 9.11. The average Bonchev–Trinajstić information content (AvgIpc) is 2.39. The van der Waals surface area contributed by atoms with Crippen molar-refractivity contribution in [2.75, 3.05) is 5.32 Å². The molecule has 0 bridgehead atoms. The van der Waals surface area contributed by atoms with Gasteiger partial charge in [-0.05, 0) is 53.3 Å². The Kier molecular flexibility index (Phi) is 4.93. The van der Waals surface area contributed by atoms with Gasteiger partial charge in [0.05, 0.1) is 6.04 Å². The molecular weight excluding hydrogens is 373 g/mol. The molecule has 100 valence electrons. The van der Waals surface area contributed by atoms with Gasteiger partial charge in [0.15, 0.2) is 0 Å². The number of benzene rings is 2. The molecule has 4 heteroatoms. The maximum absolute atomic E-state index is 9.94. The van der Waals surface area contributed by atoms with E-state index in [9.17, 15) is 5.11 Å². The fourth-order valence-electron chi connectivity index (χ4n) is 1.98. The first kappa shape index (κ1) is 14.5. The number of aromatic hydroxyl groups is 1. The minimum absolute atomic E-state index is 0.0795. The highest BCUT2D eigenvalue weighted by molar-refractivity contribution is 14.1. The van der Waals surface area contributed by atoms with Crippen molar-refractivity contribution in [3.05, 3.63) is 56.6 Å². The number of phenols is 1. The van der Waals surface area contributed by atoms with Crippen molar-refractivity contribution in [1.82, 2.24) is 0 Å². The lowest BCUT2D eigenvalue weighted by atomic mass is 10.0. The van der Waals surface area contributed by atoms with E-state index in [1.54, 1.807) is 6.07 Å². The second-order valence-electron chi connectivity index (χ2n) is 4.29. The van der Waals surface area contributed by atoms with E-state index in [1.165, 1.54) is 0 Å². The molecule has 0 saturated carbocycles. The van der Waals surface area contributed by atoms with Crippen LogP contribution in [0.1, 0.15) is 24.9 Å². The Morgan fingerprint density at radius 1 is 1.26 bits per heavy atom.